The van der Waals surface area contributed by atoms with Crippen LogP contribution in [0, 0.1) is 6.92 Å². The number of ether oxygens (including phenoxy) is 1. The molecular formula is C10H14BrN3O. The summed E-state index contributed by atoms with van der Waals surface area (Å²) >= 11 is 3.49. The van der Waals surface area contributed by atoms with Crippen LogP contribution in [0.5, 0.6) is 0 Å². The van der Waals surface area contributed by atoms with E-state index >= 15 is 0 Å². The van der Waals surface area contributed by atoms with Gasteiger partial charge in [0.2, 0.25) is 0 Å². The minimum atomic E-state index is 0.357. The van der Waals surface area contributed by atoms with E-state index in [-0.39, 0.29) is 0 Å². The van der Waals surface area contributed by atoms with Gasteiger partial charge < -0.3 is 9.64 Å². The molecule has 2 heterocycles. The number of halogens is 1. The first-order valence-electron chi connectivity index (χ1n) is 5.02. The SMILES string of the molecule is Cc1ccc(N2CCOCC2CBr)nn1. The Bertz CT molecular complexity index is 317. The number of nitrogens with zero attached hydrogens (tertiary/aromatic N) is 3. The number of morpholine rings is 1. The molecule has 5 heteroatoms. The number of aromatic nitrogens is 2. The zero-order valence-electron chi connectivity index (χ0n) is 8.69. The van der Waals surface area contributed by atoms with Gasteiger partial charge in [-0.05, 0) is 19.1 Å². The van der Waals surface area contributed by atoms with Crippen LogP contribution < -0.4 is 4.90 Å². The van der Waals surface area contributed by atoms with Crippen LogP contribution in [0.1, 0.15) is 5.69 Å². The second-order valence-electron chi connectivity index (χ2n) is 3.61. The zero-order valence-corrected chi connectivity index (χ0v) is 10.3. The van der Waals surface area contributed by atoms with Gasteiger partial charge in [0.1, 0.15) is 0 Å². The van der Waals surface area contributed by atoms with Crippen molar-refractivity contribution in [1.82, 2.24) is 10.2 Å². The van der Waals surface area contributed by atoms with Crippen LogP contribution in [-0.4, -0.2) is 41.3 Å². The Kier molecular flexibility index (Phi) is 3.53. The van der Waals surface area contributed by atoms with Gasteiger partial charge in [0.15, 0.2) is 5.82 Å². The molecular weight excluding hydrogens is 258 g/mol. The molecule has 0 spiro atoms. The van der Waals surface area contributed by atoms with E-state index in [0.717, 1.165) is 36.6 Å². The summed E-state index contributed by atoms with van der Waals surface area (Å²) in [6, 6.07) is 4.36. The molecule has 4 nitrogen and oxygen atoms in total. The summed E-state index contributed by atoms with van der Waals surface area (Å²) in [5.41, 5.74) is 0.947. The van der Waals surface area contributed by atoms with E-state index in [9.17, 15) is 0 Å². The van der Waals surface area contributed by atoms with Crippen molar-refractivity contribution in [3.05, 3.63) is 17.8 Å². The third kappa shape index (κ3) is 2.46. The maximum atomic E-state index is 5.43. The van der Waals surface area contributed by atoms with Gasteiger partial charge in [0.05, 0.1) is 24.9 Å². The number of alkyl halides is 1. The number of hydrogen-bond donors (Lipinski definition) is 0. The molecule has 0 N–H and O–H groups in total. The Hall–Kier alpha value is -0.680. The van der Waals surface area contributed by atoms with Crippen LogP contribution in [0.15, 0.2) is 12.1 Å². The predicted molar refractivity (Wildman–Crippen MR) is 62.5 cm³/mol. The van der Waals surface area contributed by atoms with Gasteiger partial charge in [-0.2, -0.15) is 5.10 Å². The van der Waals surface area contributed by atoms with E-state index in [1.165, 1.54) is 0 Å². The van der Waals surface area contributed by atoms with Crippen molar-refractivity contribution in [2.45, 2.75) is 13.0 Å². The van der Waals surface area contributed by atoms with E-state index < -0.39 is 0 Å². The molecule has 1 aliphatic rings. The minimum Gasteiger partial charge on any atom is -0.377 e. The lowest BCUT2D eigenvalue weighted by atomic mass is 10.2. The van der Waals surface area contributed by atoms with E-state index in [1.54, 1.807) is 0 Å². The number of rotatable bonds is 2. The van der Waals surface area contributed by atoms with E-state index in [4.69, 9.17) is 4.74 Å². The predicted octanol–water partition coefficient (Wildman–Crippen LogP) is 1.39. The van der Waals surface area contributed by atoms with Crippen LogP contribution in [0.25, 0.3) is 0 Å². The summed E-state index contributed by atoms with van der Waals surface area (Å²) in [4.78, 5) is 2.24. The fourth-order valence-corrected chi connectivity index (χ4v) is 2.17. The molecule has 1 atom stereocenters. The second kappa shape index (κ2) is 4.90. The normalized spacial score (nSPS) is 21.7. The molecule has 0 amide bonds. The molecule has 1 unspecified atom stereocenters. The molecule has 1 fully saturated rings. The third-order valence-corrected chi connectivity index (χ3v) is 3.23. The molecule has 1 aromatic rings. The van der Waals surface area contributed by atoms with Crippen LogP contribution >= 0.6 is 15.9 Å². The first-order valence-corrected chi connectivity index (χ1v) is 6.14. The van der Waals surface area contributed by atoms with Crippen molar-refractivity contribution >= 4 is 21.7 Å². The highest BCUT2D eigenvalue weighted by atomic mass is 79.9. The number of anilines is 1. The lowest BCUT2D eigenvalue weighted by Crippen LogP contribution is -2.47. The van der Waals surface area contributed by atoms with Gasteiger partial charge >= 0.3 is 0 Å². The van der Waals surface area contributed by atoms with Gasteiger partial charge in [-0.1, -0.05) is 15.9 Å². The van der Waals surface area contributed by atoms with Crippen molar-refractivity contribution in [2.75, 3.05) is 30.0 Å². The molecule has 0 radical (unpaired) electrons. The highest BCUT2D eigenvalue weighted by molar-refractivity contribution is 9.09. The van der Waals surface area contributed by atoms with Gasteiger partial charge in [-0.15, -0.1) is 5.10 Å². The van der Waals surface area contributed by atoms with Crippen LogP contribution in [0.2, 0.25) is 0 Å². The maximum absolute atomic E-state index is 5.43. The monoisotopic (exact) mass is 271 g/mol. The van der Waals surface area contributed by atoms with Gasteiger partial charge in [-0.3, -0.25) is 0 Å². The largest absolute Gasteiger partial charge is 0.377 e. The fourth-order valence-electron chi connectivity index (χ4n) is 1.63. The fraction of sp³-hybridized carbons (Fsp3) is 0.600. The van der Waals surface area contributed by atoms with E-state index in [2.05, 4.69) is 31.0 Å². The topological polar surface area (TPSA) is 38.2 Å². The average Bonchev–Trinajstić information content (AvgIpc) is 2.30. The van der Waals surface area contributed by atoms with E-state index in [0.29, 0.717) is 6.04 Å². The maximum Gasteiger partial charge on any atom is 0.151 e. The molecule has 15 heavy (non-hydrogen) atoms. The van der Waals surface area contributed by atoms with Crippen LogP contribution in [0.3, 0.4) is 0 Å². The molecule has 1 aliphatic heterocycles. The summed E-state index contributed by atoms with van der Waals surface area (Å²) in [5.74, 6) is 0.938. The summed E-state index contributed by atoms with van der Waals surface area (Å²) in [6.07, 6.45) is 0. The van der Waals surface area contributed by atoms with Crippen molar-refractivity contribution in [3.63, 3.8) is 0 Å². The third-order valence-electron chi connectivity index (χ3n) is 2.48. The molecule has 0 bridgehead atoms. The quantitative estimate of drug-likeness (QED) is 0.762. The molecule has 82 valence electrons. The summed E-state index contributed by atoms with van der Waals surface area (Å²) in [7, 11) is 0. The zero-order chi connectivity index (χ0) is 10.7. The molecule has 0 saturated carbocycles. The number of aryl methyl sites for hydroxylation is 1. The Morgan fingerprint density at radius 1 is 1.53 bits per heavy atom. The van der Waals surface area contributed by atoms with Crippen LogP contribution in [0.4, 0.5) is 5.82 Å². The molecule has 1 aromatic heterocycles. The second-order valence-corrected chi connectivity index (χ2v) is 4.26. The summed E-state index contributed by atoms with van der Waals surface area (Å²) in [6.45, 7) is 4.34. The highest BCUT2D eigenvalue weighted by Crippen LogP contribution is 2.17. The summed E-state index contributed by atoms with van der Waals surface area (Å²) < 4.78 is 5.43. The Labute approximate surface area is 97.8 Å². The smallest absolute Gasteiger partial charge is 0.151 e. The number of hydrogen-bond acceptors (Lipinski definition) is 4. The Morgan fingerprint density at radius 3 is 3.07 bits per heavy atom. The molecule has 2 rings (SSSR count). The first kappa shape index (κ1) is 10.8. The van der Waals surface area contributed by atoms with Crippen molar-refractivity contribution in [3.8, 4) is 0 Å². The lowest BCUT2D eigenvalue weighted by molar-refractivity contribution is 0.0999. The van der Waals surface area contributed by atoms with Crippen molar-refractivity contribution < 1.29 is 4.74 Å². The van der Waals surface area contributed by atoms with Gasteiger partial charge in [-0.25, -0.2) is 0 Å². The lowest BCUT2D eigenvalue weighted by Gasteiger charge is -2.35. The van der Waals surface area contributed by atoms with Crippen LogP contribution in [-0.2, 0) is 4.74 Å². The highest BCUT2D eigenvalue weighted by Gasteiger charge is 2.23. The first-order chi connectivity index (χ1) is 7.31. The molecule has 0 aromatic carbocycles. The Morgan fingerprint density at radius 2 is 2.40 bits per heavy atom. The Balaban J connectivity index is 2.16. The van der Waals surface area contributed by atoms with Crippen molar-refractivity contribution in [2.24, 2.45) is 0 Å². The average molecular weight is 272 g/mol. The molecule has 0 aliphatic carbocycles. The van der Waals surface area contributed by atoms with Gasteiger partial charge in [0, 0.05) is 11.9 Å². The standard InChI is InChI=1S/C10H14BrN3O/c1-8-2-3-10(13-12-8)14-4-5-15-7-9(14)6-11/h2-3,9H,4-7H2,1H3. The van der Waals surface area contributed by atoms with Crippen molar-refractivity contribution in [1.29, 1.82) is 0 Å². The molecule has 1 saturated heterocycles. The van der Waals surface area contributed by atoms with Gasteiger partial charge in [0.25, 0.3) is 0 Å². The van der Waals surface area contributed by atoms with E-state index in [1.807, 2.05) is 19.1 Å². The minimum absolute atomic E-state index is 0.357. The summed E-state index contributed by atoms with van der Waals surface area (Å²) in [5, 5.41) is 9.17.